The zero-order chi connectivity index (χ0) is 22.0. The van der Waals surface area contributed by atoms with Gasteiger partial charge in [-0.05, 0) is 49.8 Å². The lowest BCUT2D eigenvalue weighted by atomic mass is 9.68. The lowest BCUT2D eigenvalue weighted by Crippen LogP contribution is -2.37. The molecule has 0 radical (unpaired) electrons. The van der Waals surface area contributed by atoms with E-state index in [1.807, 2.05) is 19.0 Å². The molecule has 1 unspecified atom stereocenters. The number of hydrogen-bond acceptors (Lipinski definition) is 6. The summed E-state index contributed by atoms with van der Waals surface area (Å²) < 4.78 is 29.2. The Morgan fingerprint density at radius 1 is 1.16 bits per heavy atom. The number of nitrogens with zero attached hydrogens (tertiary/aromatic N) is 4. The lowest BCUT2D eigenvalue weighted by molar-refractivity contribution is 0.165. The molecule has 2 aromatic rings. The highest BCUT2D eigenvalue weighted by Gasteiger charge is 2.43. The van der Waals surface area contributed by atoms with E-state index in [0.717, 1.165) is 35.9 Å². The van der Waals surface area contributed by atoms with Crippen LogP contribution in [0, 0.1) is 17.0 Å². The van der Waals surface area contributed by atoms with E-state index >= 15 is 0 Å². The zero-order valence-electron chi connectivity index (χ0n) is 18.3. The molecule has 1 aromatic heterocycles. The summed E-state index contributed by atoms with van der Waals surface area (Å²) in [5.41, 5.74) is 6.87. The Kier molecular flexibility index (Phi) is 4.30. The van der Waals surface area contributed by atoms with Crippen molar-refractivity contribution in [3.8, 4) is 0 Å². The second kappa shape index (κ2) is 7.00. The number of halogens is 2. The quantitative estimate of drug-likeness (QED) is 0.747. The van der Waals surface area contributed by atoms with E-state index in [4.69, 9.17) is 4.98 Å². The van der Waals surface area contributed by atoms with Gasteiger partial charge in [0.25, 0.3) is 0 Å². The first-order valence-electron chi connectivity index (χ1n) is 11.2. The Morgan fingerprint density at radius 3 is 2.62 bits per heavy atom. The predicted molar refractivity (Wildman–Crippen MR) is 120 cm³/mol. The number of pyridine rings is 1. The summed E-state index contributed by atoms with van der Waals surface area (Å²) in [4.78, 5) is 11.7. The molecule has 1 saturated heterocycles. The molecule has 6 rings (SSSR count). The molecule has 0 amide bonds. The minimum atomic E-state index is -0.652. The van der Waals surface area contributed by atoms with E-state index in [0.29, 0.717) is 11.1 Å². The highest BCUT2D eigenvalue weighted by atomic mass is 19.1. The molecule has 6 nitrogen and oxygen atoms in total. The number of fused-ring (bicyclic) bond motifs is 2. The molecule has 1 aromatic carbocycles. The minimum Gasteiger partial charge on any atom is -0.356 e. The van der Waals surface area contributed by atoms with Crippen molar-refractivity contribution in [2.24, 2.45) is 10.4 Å². The Balaban J connectivity index is 1.46. The summed E-state index contributed by atoms with van der Waals surface area (Å²) in [6, 6.07) is 5.88. The molecule has 4 heterocycles. The number of hydrazine groups is 1. The number of anilines is 1. The fourth-order valence-electron chi connectivity index (χ4n) is 5.34. The van der Waals surface area contributed by atoms with Crippen LogP contribution in [0.25, 0.3) is 5.70 Å². The molecular formula is C24H26F2N6. The van der Waals surface area contributed by atoms with E-state index in [1.54, 1.807) is 6.20 Å². The van der Waals surface area contributed by atoms with Crippen molar-refractivity contribution in [2.45, 2.75) is 38.6 Å². The van der Waals surface area contributed by atoms with Gasteiger partial charge >= 0.3 is 0 Å². The van der Waals surface area contributed by atoms with Crippen LogP contribution in [0.5, 0.6) is 0 Å². The monoisotopic (exact) mass is 436 g/mol. The molecule has 2 fully saturated rings. The van der Waals surface area contributed by atoms with Crippen molar-refractivity contribution < 1.29 is 8.78 Å². The third-order valence-electron chi connectivity index (χ3n) is 7.56. The molecule has 32 heavy (non-hydrogen) atoms. The molecule has 0 bridgehead atoms. The van der Waals surface area contributed by atoms with Gasteiger partial charge in [0.2, 0.25) is 0 Å². The average molecular weight is 437 g/mol. The number of rotatable bonds is 2. The van der Waals surface area contributed by atoms with E-state index in [1.165, 1.54) is 43.9 Å². The van der Waals surface area contributed by atoms with E-state index in [9.17, 15) is 8.78 Å². The van der Waals surface area contributed by atoms with Gasteiger partial charge in [-0.2, -0.15) is 0 Å². The SMILES string of the molecule is CC1C2=C(NN1C)c1cc(N3CCC4(CCC4)C3)ncc1N=C(c1c(F)cccc1F)N2. The molecule has 3 aliphatic heterocycles. The van der Waals surface area contributed by atoms with Gasteiger partial charge in [0.05, 0.1) is 34.9 Å². The standard InChI is InChI=1S/C24H26F2N6/c1-14-21-22(30-31(14)2)15-11-19(32-10-9-24(13-32)7-4-8-24)27-12-18(15)28-23(29-21)20-16(25)5-3-6-17(20)26/h3,5-6,11-12,14,30H,4,7-10,13H2,1-2H3,(H,28,29). The molecular weight excluding hydrogens is 410 g/mol. The molecule has 166 valence electrons. The Bertz CT molecular complexity index is 1150. The number of aliphatic imine (C=N–C) groups is 1. The fourth-order valence-corrected chi connectivity index (χ4v) is 5.34. The highest BCUT2D eigenvalue weighted by Crippen LogP contribution is 2.49. The number of nitrogens with one attached hydrogen (secondary N) is 2. The molecule has 8 heteroatoms. The van der Waals surface area contributed by atoms with Crippen LogP contribution >= 0.6 is 0 Å². The van der Waals surface area contributed by atoms with Gasteiger partial charge in [0.15, 0.2) is 0 Å². The Hall–Kier alpha value is -3.00. The van der Waals surface area contributed by atoms with Crippen molar-refractivity contribution in [3.05, 3.63) is 58.9 Å². The van der Waals surface area contributed by atoms with Gasteiger partial charge in [-0.15, -0.1) is 0 Å². The summed E-state index contributed by atoms with van der Waals surface area (Å²) in [5, 5.41) is 5.20. The molecule has 1 saturated carbocycles. The molecule has 1 atom stereocenters. The summed E-state index contributed by atoms with van der Waals surface area (Å²) in [6.07, 6.45) is 6.87. The number of hydrogen-bond donors (Lipinski definition) is 2. The third kappa shape index (κ3) is 2.92. The van der Waals surface area contributed by atoms with Crippen LogP contribution in [0.15, 0.2) is 41.2 Å². The molecule has 1 aliphatic carbocycles. The van der Waals surface area contributed by atoms with E-state index in [-0.39, 0.29) is 17.4 Å². The maximum absolute atomic E-state index is 14.6. The largest absolute Gasteiger partial charge is 0.356 e. The molecule has 1 spiro atoms. The number of aromatic nitrogens is 1. The average Bonchev–Trinajstić information content (AvgIpc) is 3.27. The highest BCUT2D eigenvalue weighted by molar-refractivity contribution is 6.04. The summed E-state index contributed by atoms with van der Waals surface area (Å²) in [5.74, 6) is -0.221. The maximum atomic E-state index is 14.6. The normalized spacial score (nSPS) is 23.8. The van der Waals surface area contributed by atoms with Crippen LogP contribution in [0.3, 0.4) is 0 Å². The van der Waals surface area contributed by atoms with Crippen molar-refractivity contribution in [1.29, 1.82) is 0 Å². The first-order chi connectivity index (χ1) is 15.4. The van der Waals surface area contributed by atoms with Crippen molar-refractivity contribution in [2.75, 3.05) is 25.0 Å². The van der Waals surface area contributed by atoms with Crippen LogP contribution in [-0.4, -0.2) is 42.0 Å². The van der Waals surface area contributed by atoms with Gasteiger partial charge in [-0.1, -0.05) is 12.5 Å². The third-order valence-corrected chi connectivity index (χ3v) is 7.56. The van der Waals surface area contributed by atoms with Crippen molar-refractivity contribution in [3.63, 3.8) is 0 Å². The smallest absolute Gasteiger partial charge is 0.144 e. The van der Waals surface area contributed by atoms with Crippen LogP contribution in [0.1, 0.15) is 43.7 Å². The van der Waals surface area contributed by atoms with Gasteiger partial charge in [0.1, 0.15) is 23.3 Å². The number of benzene rings is 1. The second-order valence-electron chi connectivity index (χ2n) is 9.45. The second-order valence-corrected chi connectivity index (χ2v) is 9.45. The van der Waals surface area contributed by atoms with E-state index < -0.39 is 11.6 Å². The molecule has 4 aliphatic rings. The maximum Gasteiger partial charge on any atom is 0.144 e. The number of likely N-dealkylation sites (N-methyl/N-ethyl adjacent to an activating group) is 1. The summed E-state index contributed by atoms with van der Waals surface area (Å²) in [7, 11) is 1.95. The molecule has 2 N–H and O–H groups in total. The Labute approximate surface area is 186 Å². The number of amidine groups is 1. The first kappa shape index (κ1) is 19.7. The van der Waals surface area contributed by atoms with Crippen LogP contribution in [-0.2, 0) is 0 Å². The van der Waals surface area contributed by atoms with Gasteiger partial charge in [-0.3, -0.25) is 0 Å². The van der Waals surface area contributed by atoms with Gasteiger partial charge in [-0.25, -0.2) is 23.8 Å². The van der Waals surface area contributed by atoms with Gasteiger partial charge < -0.3 is 15.6 Å². The van der Waals surface area contributed by atoms with E-state index in [2.05, 4.69) is 26.7 Å². The Morgan fingerprint density at radius 2 is 1.94 bits per heavy atom. The first-order valence-corrected chi connectivity index (χ1v) is 11.2. The zero-order valence-corrected chi connectivity index (χ0v) is 18.3. The van der Waals surface area contributed by atoms with Crippen LogP contribution < -0.4 is 15.6 Å². The predicted octanol–water partition coefficient (Wildman–Crippen LogP) is 3.93. The topological polar surface area (TPSA) is 55.8 Å². The lowest BCUT2D eigenvalue weighted by Gasteiger charge is -2.38. The van der Waals surface area contributed by atoms with Crippen molar-refractivity contribution >= 4 is 23.0 Å². The van der Waals surface area contributed by atoms with Crippen LogP contribution in [0.2, 0.25) is 0 Å². The summed E-state index contributed by atoms with van der Waals surface area (Å²) >= 11 is 0. The minimum absolute atomic E-state index is 0.0300. The van der Waals surface area contributed by atoms with Crippen LogP contribution in [0.4, 0.5) is 20.3 Å². The summed E-state index contributed by atoms with van der Waals surface area (Å²) in [6.45, 7) is 4.09. The van der Waals surface area contributed by atoms with Crippen molar-refractivity contribution in [1.82, 2.24) is 20.7 Å². The van der Waals surface area contributed by atoms with Gasteiger partial charge in [0, 0.05) is 25.7 Å². The fraction of sp³-hybridized carbons (Fsp3) is 0.417.